The summed E-state index contributed by atoms with van der Waals surface area (Å²) < 4.78 is 60.1. The highest BCUT2D eigenvalue weighted by Crippen LogP contribution is 2.21. The molecule has 0 radical (unpaired) electrons. The largest absolute Gasteiger partial charge is 0.481 e. The minimum absolute atomic E-state index is 0.136. The smallest absolute Gasteiger partial charge is 0.390 e. The molecule has 0 aromatic rings. The van der Waals surface area contributed by atoms with Gasteiger partial charge in [-0.2, -0.15) is 13.2 Å². The second kappa shape index (κ2) is 6.20. The number of carbonyl (C=O) groups is 1. The van der Waals surface area contributed by atoms with Crippen molar-refractivity contribution in [3.05, 3.63) is 0 Å². The van der Waals surface area contributed by atoms with Crippen LogP contribution in [0.2, 0.25) is 0 Å². The Kier molecular flexibility index (Phi) is 5.89. The molecule has 0 aliphatic carbocycles. The number of carboxylic acid groups (broad SMARTS) is 1. The number of rotatable bonds is 7. The Morgan fingerprint density at radius 3 is 2.35 bits per heavy atom. The SMILES string of the molecule is CC(CC(F)(F)F)NS(=O)(=O)CCCC(=O)O. The minimum Gasteiger partial charge on any atom is -0.481 e. The lowest BCUT2D eigenvalue weighted by Gasteiger charge is -2.15. The van der Waals surface area contributed by atoms with E-state index in [1.165, 1.54) is 0 Å². The maximum atomic E-state index is 11.9. The van der Waals surface area contributed by atoms with Crippen molar-refractivity contribution >= 4 is 16.0 Å². The average Bonchev–Trinajstić information content (AvgIpc) is 1.96. The molecule has 0 aliphatic heterocycles. The number of nitrogens with one attached hydrogen (secondary N) is 1. The van der Waals surface area contributed by atoms with Gasteiger partial charge in [0.15, 0.2) is 0 Å². The normalized spacial score (nSPS) is 14.6. The number of halogens is 3. The molecule has 0 aliphatic rings. The van der Waals surface area contributed by atoms with Gasteiger partial charge in [0.1, 0.15) is 0 Å². The van der Waals surface area contributed by atoms with Crippen LogP contribution in [0.1, 0.15) is 26.2 Å². The maximum absolute atomic E-state index is 11.9. The van der Waals surface area contributed by atoms with Crippen LogP contribution in [0.15, 0.2) is 0 Å². The van der Waals surface area contributed by atoms with Crippen molar-refractivity contribution in [3.63, 3.8) is 0 Å². The molecular formula is C8H14F3NO4S. The molecule has 0 heterocycles. The van der Waals surface area contributed by atoms with Crippen LogP contribution in [0.5, 0.6) is 0 Å². The standard InChI is InChI=1S/C8H14F3NO4S/c1-6(5-8(9,10)11)12-17(15,16)4-2-3-7(13)14/h6,12H,2-5H2,1H3,(H,13,14). The van der Waals surface area contributed by atoms with E-state index in [1.54, 1.807) is 0 Å². The highest BCUT2D eigenvalue weighted by Gasteiger charge is 2.31. The van der Waals surface area contributed by atoms with Gasteiger partial charge < -0.3 is 5.11 Å². The van der Waals surface area contributed by atoms with Crippen LogP contribution >= 0.6 is 0 Å². The number of alkyl halides is 3. The predicted octanol–water partition coefficient (Wildman–Crippen LogP) is 1.11. The molecule has 0 amide bonds. The fourth-order valence-electron chi connectivity index (χ4n) is 1.17. The summed E-state index contributed by atoms with van der Waals surface area (Å²) in [5, 5.41) is 8.28. The van der Waals surface area contributed by atoms with Crippen LogP contribution in [-0.2, 0) is 14.8 Å². The summed E-state index contributed by atoms with van der Waals surface area (Å²) in [6, 6.07) is -1.26. The van der Waals surface area contributed by atoms with E-state index in [9.17, 15) is 26.4 Å². The Balaban J connectivity index is 4.12. The van der Waals surface area contributed by atoms with Gasteiger partial charge in [-0.3, -0.25) is 4.79 Å². The first kappa shape index (κ1) is 16.2. The summed E-state index contributed by atoms with van der Waals surface area (Å²) in [4.78, 5) is 10.1. The molecule has 0 fully saturated rings. The molecule has 1 atom stereocenters. The Morgan fingerprint density at radius 1 is 1.41 bits per heavy atom. The number of sulfonamides is 1. The molecule has 0 rings (SSSR count). The van der Waals surface area contributed by atoms with E-state index in [0.717, 1.165) is 6.92 Å². The van der Waals surface area contributed by atoms with Gasteiger partial charge in [-0.15, -0.1) is 0 Å². The average molecular weight is 277 g/mol. The van der Waals surface area contributed by atoms with E-state index in [1.807, 2.05) is 4.72 Å². The van der Waals surface area contributed by atoms with Crippen LogP contribution in [0.4, 0.5) is 13.2 Å². The lowest BCUT2D eigenvalue weighted by atomic mass is 10.2. The molecule has 0 bridgehead atoms. The van der Waals surface area contributed by atoms with Crippen molar-refractivity contribution in [2.24, 2.45) is 0 Å². The molecule has 5 nitrogen and oxygen atoms in total. The van der Waals surface area contributed by atoms with Crippen molar-refractivity contribution < 1.29 is 31.5 Å². The molecule has 102 valence electrons. The Hall–Kier alpha value is -0.830. The first-order valence-electron chi connectivity index (χ1n) is 4.80. The monoisotopic (exact) mass is 277 g/mol. The van der Waals surface area contributed by atoms with Crippen LogP contribution in [0, 0.1) is 0 Å². The molecule has 0 aromatic heterocycles. The lowest BCUT2D eigenvalue weighted by molar-refractivity contribution is -0.138. The zero-order valence-corrected chi connectivity index (χ0v) is 9.94. The van der Waals surface area contributed by atoms with Crippen molar-refractivity contribution in [1.29, 1.82) is 0 Å². The number of carboxylic acids is 1. The summed E-state index contributed by atoms with van der Waals surface area (Å²) in [7, 11) is -3.86. The van der Waals surface area contributed by atoms with Crippen LogP contribution in [0.3, 0.4) is 0 Å². The number of hydrogen-bond acceptors (Lipinski definition) is 3. The summed E-state index contributed by atoms with van der Waals surface area (Å²) in [5.41, 5.74) is 0. The highest BCUT2D eigenvalue weighted by molar-refractivity contribution is 7.89. The Labute approximate surface area is 97.1 Å². The van der Waals surface area contributed by atoms with Crippen molar-refractivity contribution in [2.75, 3.05) is 5.75 Å². The molecule has 9 heteroatoms. The van der Waals surface area contributed by atoms with Crippen molar-refractivity contribution in [2.45, 2.75) is 38.4 Å². The fraction of sp³-hybridized carbons (Fsp3) is 0.875. The van der Waals surface area contributed by atoms with Crippen LogP contribution in [-0.4, -0.2) is 37.5 Å². The van der Waals surface area contributed by atoms with Crippen LogP contribution in [0.25, 0.3) is 0 Å². The van der Waals surface area contributed by atoms with Gasteiger partial charge >= 0.3 is 12.1 Å². The highest BCUT2D eigenvalue weighted by atomic mass is 32.2. The van der Waals surface area contributed by atoms with Gasteiger partial charge in [0.2, 0.25) is 10.0 Å². The van der Waals surface area contributed by atoms with E-state index < -0.39 is 40.4 Å². The predicted molar refractivity (Wildman–Crippen MR) is 53.9 cm³/mol. The van der Waals surface area contributed by atoms with Crippen LogP contribution < -0.4 is 4.72 Å². The van der Waals surface area contributed by atoms with E-state index >= 15 is 0 Å². The van der Waals surface area contributed by atoms with Gasteiger partial charge in [0, 0.05) is 12.5 Å². The number of hydrogen-bond donors (Lipinski definition) is 2. The van der Waals surface area contributed by atoms with Crippen molar-refractivity contribution in [3.8, 4) is 0 Å². The first-order valence-corrected chi connectivity index (χ1v) is 6.45. The molecule has 17 heavy (non-hydrogen) atoms. The number of aliphatic carboxylic acids is 1. The quantitative estimate of drug-likeness (QED) is 0.730. The molecule has 0 saturated heterocycles. The zero-order chi connectivity index (χ0) is 13.7. The molecular weight excluding hydrogens is 263 g/mol. The lowest BCUT2D eigenvalue weighted by Crippen LogP contribution is -2.37. The molecule has 2 N–H and O–H groups in total. The van der Waals surface area contributed by atoms with E-state index in [2.05, 4.69) is 0 Å². The fourth-order valence-corrected chi connectivity index (χ4v) is 2.51. The molecule has 0 spiro atoms. The maximum Gasteiger partial charge on any atom is 0.390 e. The Morgan fingerprint density at radius 2 is 1.94 bits per heavy atom. The molecule has 0 aromatic carbocycles. The van der Waals surface area contributed by atoms with Crippen molar-refractivity contribution in [1.82, 2.24) is 4.72 Å². The zero-order valence-electron chi connectivity index (χ0n) is 9.12. The van der Waals surface area contributed by atoms with Gasteiger partial charge in [0.25, 0.3) is 0 Å². The Bertz CT molecular complexity index is 352. The summed E-state index contributed by atoms with van der Waals surface area (Å²) in [5.74, 6) is -1.65. The second-order valence-electron chi connectivity index (χ2n) is 3.65. The van der Waals surface area contributed by atoms with Gasteiger partial charge in [0.05, 0.1) is 12.2 Å². The first-order chi connectivity index (χ1) is 7.52. The third kappa shape index (κ3) is 10.1. The summed E-state index contributed by atoms with van der Waals surface area (Å²) in [6.45, 7) is 1.10. The second-order valence-corrected chi connectivity index (χ2v) is 5.53. The molecule has 1 unspecified atom stereocenters. The van der Waals surface area contributed by atoms with Gasteiger partial charge in [-0.25, -0.2) is 13.1 Å². The summed E-state index contributed by atoms with van der Waals surface area (Å²) in [6.07, 6.45) is -6.17. The topological polar surface area (TPSA) is 83.5 Å². The van der Waals surface area contributed by atoms with E-state index in [4.69, 9.17) is 5.11 Å². The van der Waals surface area contributed by atoms with E-state index in [-0.39, 0.29) is 12.8 Å². The molecule has 0 saturated carbocycles. The van der Waals surface area contributed by atoms with Gasteiger partial charge in [-0.1, -0.05) is 0 Å². The third-order valence-corrected chi connectivity index (χ3v) is 3.31. The third-order valence-electron chi connectivity index (χ3n) is 1.72. The minimum atomic E-state index is -4.44. The van der Waals surface area contributed by atoms with E-state index in [0.29, 0.717) is 0 Å². The van der Waals surface area contributed by atoms with Gasteiger partial charge in [-0.05, 0) is 13.3 Å². The summed E-state index contributed by atoms with van der Waals surface area (Å²) >= 11 is 0.